The Labute approximate surface area is 171 Å². The van der Waals surface area contributed by atoms with E-state index in [4.69, 9.17) is 4.74 Å². The molecule has 0 spiro atoms. The van der Waals surface area contributed by atoms with E-state index in [1.165, 1.54) is 10.7 Å². The molecule has 2 aromatic carbocycles. The number of carbonyl (C=O) groups excluding carboxylic acids is 1. The molecule has 4 rings (SSSR count). The number of amides is 1. The Balaban J connectivity index is 1.52. The second-order valence-electron chi connectivity index (χ2n) is 7.31. The maximum Gasteiger partial charge on any atom is 0.416 e. The van der Waals surface area contributed by atoms with Gasteiger partial charge in [0.15, 0.2) is 6.10 Å². The largest absolute Gasteiger partial charge is 0.480 e. The van der Waals surface area contributed by atoms with E-state index in [0.717, 1.165) is 23.0 Å². The summed E-state index contributed by atoms with van der Waals surface area (Å²) in [7, 11) is 0. The number of aromatic nitrogens is 2. The van der Waals surface area contributed by atoms with Gasteiger partial charge in [-0.2, -0.15) is 18.3 Å². The first kappa shape index (κ1) is 20.0. The van der Waals surface area contributed by atoms with Crippen LogP contribution in [0.3, 0.4) is 0 Å². The summed E-state index contributed by atoms with van der Waals surface area (Å²) in [4.78, 5) is 12.5. The van der Waals surface area contributed by atoms with Crippen LogP contribution in [-0.4, -0.2) is 21.8 Å². The molecule has 30 heavy (non-hydrogen) atoms. The molecule has 1 atom stereocenters. The van der Waals surface area contributed by atoms with Crippen molar-refractivity contribution in [2.75, 3.05) is 0 Å². The second-order valence-corrected chi connectivity index (χ2v) is 7.31. The van der Waals surface area contributed by atoms with Gasteiger partial charge in [0.05, 0.1) is 16.9 Å². The SMILES string of the molecule is Cc1cc(C)n(-c2ccc(CNC(=O)C3Cc4ccccc4O3)c(C(F)(F)F)c2)n1. The zero-order chi connectivity index (χ0) is 21.5. The van der Waals surface area contributed by atoms with Gasteiger partial charge in [0, 0.05) is 18.7 Å². The van der Waals surface area contributed by atoms with Crippen molar-refractivity contribution in [2.24, 2.45) is 0 Å². The molecule has 156 valence electrons. The van der Waals surface area contributed by atoms with E-state index < -0.39 is 23.8 Å². The van der Waals surface area contributed by atoms with Crippen molar-refractivity contribution in [1.29, 1.82) is 0 Å². The van der Waals surface area contributed by atoms with Gasteiger partial charge in [-0.3, -0.25) is 4.79 Å². The maximum absolute atomic E-state index is 13.7. The average molecular weight is 415 g/mol. The normalized spacial score (nSPS) is 15.6. The van der Waals surface area contributed by atoms with Crippen molar-refractivity contribution in [3.05, 3.63) is 76.6 Å². The van der Waals surface area contributed by atoms with E-state index in [1.54, 1.807) is 38.1 Å². The lowest BCUT2D eigenvalue weighted by molar-refractivity contribution is -0.138. The third kappa shape index (κ3) is 3.90. The second kappa shape index (κ2) is 7.51. The molecule has 0 fully saturated rings. The van der Waals surface area contributed by atoms with Crippen molar-refractivity contribution in [1.82, 2.24) is 15.1 Å². The van der Waals surface area contributed by atoms with Crippen LogP contribution in [0, 0.1) is 13.8 Å². The summed E-state index contributed by atoms with van der Waals surface area (Å²) in [6.45, 7) is 3.31. The van der Waals surface area contributed by atoms with Crippen LogP contribution in [0.5, 0.6) is 5.75 Å². The Hall–Kier alpha value is -3.29. The van der Waals surface area contributed by atoms with Crippen LogP contribution in [0.25, 0.3) is 5.69 Å². The fourth-order valence-corrected chi connectivity index (χ4v) is 3.63. The van der Waals surface area contributed by atoms with Gasteiger partial charge in [0.25, 0.3) is 5.91 Å². The number of carbonyl (C=O) groups is 1. The van der Waals surface area contributed by atoms with E-state index in [9.17, 15) is 18.0 Å². The molecule has 1 unspecified atom stereocenters. The van der Waals surface area contributed by atoms with Gasteiger partial charge >= 0.3 is 6.18 Å². The van der Waals surface area contributed by atoms with Gasteiger partial charge in [-0.25, -0.2) is 4.68 Å². The first-order valence-electron chi connectivity index (χ1n) is 9.48. The molecule has 3 aromatic rings. The van der Waals surface area contributed by atoms with Crippen LogP contribution in [-0.2, 0) is 23.9 Å². The maximum atomic E-state index is 13.7. The van der Waals surface area contributed by atoms with Crippen LogP contribution in [0.4, 0.5) is 13.2 Å². The van der Waals surface area contributed by atoms with E-state index >= 15 is 0 Å². The first-order valence-corrected chi connectivity index (χ1v) is 9.48. The smallest absolute Gasteiger partial charge is 0.416 e. The minimum absolute atomic E-state index is 0.0170. The predicted molar refractivity (Wildman–Crippen MR) is 104 cm³/mol. The summed E-state index contributed by atoms with van der Waals surface area (Å²) >= 11 is 0. The summed E-state index contributed by atoms with van der Waals surface area (Å²) in [5.41, 5.74) is 1.86. The van der Waals surface area contributed by atoms with Crippen LogP contribution >= 0.6 is 0 Å². The standard InChI is InChI=1S/C22H20F3N3O2/c1-13-9-14(2)28(27-13)17-8-7-16(18(11-17)22(23,24)25)12-26-21(29)20-10-15-5-3-4-6-19(15)30-20/h3-9,11,20H,10,12H2,1-2H3,(H,26,29). The Bertz CT molecular complexity index is 1080. The number of halogens is 3. The first-order chi connectivity index (χ1) is 14.2. The van der Waals surface area contributed by atoms with Gasteiger partial charge in [-0.1, -0.05) is 24.3 Å². The third-order valence-electron chi connectivity index (χ3n) is 5.05. The Morgan fingerprint density at radius 1 is 1.20 bits per heavy atom. The number of para-hydroxylation sites is 1. The molecular weight excluding hydrogens is 395 g/mol. The van der Waals surface area contributed by atoms with Crippen molar-refractivity contribution in [3.63, 3.8) is 0 Å². The number of ether oxygens (including phenoxy) is 1. The van der Waals surface area contributed by atoms with Crippen molar-refractivity contribution in [2.45, 2.75) is 39.1 Å². The molecule has 0 bridgehead atoms. The number of aryl methyl sites for hydroxylation is 2. The molecule has 8 heteroatoms. The number of fused-ring (bicyclic) bond motifs is 1. The van der Waals surface area contributed by atoms with E-state index in [1.807, 2.05) is 12.1 Å². The number of hydrogen-bond donors (Lipinski definition) is 1. The number of hydrogen-bond acceptors (Lipinski definition) is 3. The zero-order valence-corrected chi connectivity index (χ0v) is 16.5. The molecule has 5 nitrogen and oxygen atoms in total. The number of nitrogens with one attached hydrogen (secondary N) is 1. The van der Waals surface area contributed by atoms with Crippen molar-refractivity contribution in [3.8, 4) is 11.4 Å². The quantitative estimate of drug-likeness (QED) is 0.697. The van der Waals surface area contributed by atoms with Crippen molar-refractivity contribution < 1.29 is 22.7 Å². The van der Waals surface area contributed by atoms with Gasteiger partial charge < -0.3 is 10.1 Å². The number of rotatable bonds is 4. The van der Waals surface area contributed by atoms with Crippen LogP contribution < -0.4 is 10.1 Å². The highest BCUT2D eigenvalue weighted by Gasteiger charge is 2.34. The van der Waals surface area contributed by atoms with Gasteiger partial charge in [-0.15, -0.1) is 0 Å². The molecule has 1 aliphatic rings. The Kier molecular flexibility index (Phi) is 5.01. The summed E-state index contributed by atoms with van der Waals surface area (Å²) in [6.07, 6.45) is -4.91. The van der Waals surface area contributed by atoms with Crippen molar-refractivity contribution >= 4 is 5.91 Å². The lowest BCUT2D eigenvalue weighted by Gasteiger charge is -2.17. The molecule has 1 N–H and O–H groups in total. The minimum atomic E-state index is -4.56. The summed E-state index contributed by atoms with van der Waals surface area (Å²) in [6, 6.07) is 13.1. The molecular formula is C22H20F3N3O2. The monoisotopic (exact) mass is 415 g/mol. The molecule has 0 saturated carbocycles. The fourth-order valence-electron chi connectivity index (χ4n) is 3.63. The topological polar surface area (TPSA) is 56.2 Å². The molecule has 1 aromatic heterocycles. The predicted octanol–water partition coefficient (Wildman–Crippen LogP) is 4.13. The molecule has 2 heterocycles. The zero-order valence-electron chi connectivity index (χ0n) is 16.5. The summed E-state index contributed by atoms with van der Waals surface area (Å²) < 4.78 is 48.1. The highest BCUT2D eigenvalue weighted by atomic mass is 19.4. The molecule has 0 aliphatic carbocycles. The number of alkyl halides is 3. The van der Waals surface area contributed by atoms with E-state index in [2.05, 4.69) is 10.4 Å². The fraction of sp³-hybridized carbons (Fsp3) is 0.273. The third-order valence-corrected chi connectivity index (χ3v) is 5.05. The van der Waals surface area contributed by atoms with Gasteiger partial charge in [-0.05, 0) is 49.2 Å². The average Bonchev–Trinajstić information content (AvgIpc) is 3.28. The van der Waals surface area contributed by atoms with Crippen LogP contribution in [0.1, 0.15) is 28.1 Å². The Morgan fingerprint density at radius 3 is 2.63 bits per heavy atom. The molecule has 1 amide bonds. The van der Waals surface area contributed by atoms with Gasteiger partial charge in [0.2, 0.25) is 0 Å². The lowest BCUT2D eigenvalue weighted by Crippen LogP contribution is -2.37. The number of nitrogens with zero attached hydrogens (tertiary/aromatic N) is 2. The van der Waals surface area contributed by atoms with Gasteiger partial charge in [0.1, 0.15) is 5.75 Å². The molecule has 1 aliphatic heterocycles. The highest BCUT2D eigenvalue weighted by molar-refractivity contribution is 5.82. The summed E-state index contributed by atoms with van der Waals surface area (Å²) in [5.74, 6) is 0.185. The number of benzene rings is 2. The molecule has 0 radical (unpaired) electrons. The van der Waals surface area contributed by atoms with Crippen LogP contribution in [0.15, 0.2) is 48.5 Å². The highest BCUT2D eigenvalue weighted by Crippen LogP contribution is 2.34. The minimum Gasteiger partial charge on any atom is -0.480 e. The Morgan fingerprint density at radius 2 is 1.97 bits per heavy atom. The summed E-state index contributed by atoms with van der Waals surface area (Å²) in [5, 5.41) is 6.82. The van der Waals surface area contributed by atoms with E-state index in [-0.39, 0.29) is 12.1 Å². The lowest BCUT2D eigenvalue weighted by atomic mass is 10.1. The molecule has 0 saturated heterocycles. The van der Waals surface area contributed by atoms with Crippen LogP contribution in [0.2, 0.25) is 0 Å². The van der Waals surface area contributed by atoms with E-state index in [0.29, 0.717) is 17.9 Å².